The van der Waals surface area contributed by atoms with Crippen molar-refractivity contribution in [3.63, 3.8) is 0 Å². The van der Waals surface area contributed by atoms with Crippen molar-refractivity contribution in [1.29, 1.82) is 0 Å². The molecule has 1 saturated heterocycles. The second-order valence-electron chi connectivity index (χ2n) is 4.16. The molecule has 0 saturated carbocycles. The minimum absolute atomic E-state index is 0.386. The summed E-state index contributed by atoms with van der Waals surface area (Å²) in [6.45, 7) is 2.23. The van der Waals surface area contributed by atoms with E-state index in [1.165, 1.54) is 17.7 Å². The van der Waals surface area contributed by atoms with Gasteiger partial charge in [-0.25, -0.2) is 0 Å². The summed E-state index contributed by atoms with van der Waals surface area (Å²) in [5.41, 5.74) is 1.23. The van der Waals surface area contributed by atoms with Crippen LogP contribution in [0.3, 0.4) is 0 Å². The molecule has 1 aromatic rings. The molecule has 2 rings (SSSR count). The van der Waals surface area contributed by atoms with Crippen LogP contribution in [0.1, 0.15) is 24.9 Å². The fourth-order valence-electron chi connectivity index (χ4n) is 1.86. The molecule has 1 aromatic carbocycles. The fourth-order valence-corrected chi connectivity index (χ4v) is 3.38. The molecule has 1 heterocycles. The lowest BCUT2D eigenvalue weighted by molar-refractivity contribution is 0.485. The molecule has 1 N–H and O–H groups in total. The first-order valence-corrected chi connectivity index (χ1v) is 7.36. The molecular formula is C12H15Cl2NS. The molecular weight excluding hydrogens is 261 g/mol. The molecule has 0 aliphatic carbocycles. The summed E-state index contributed by atoms with van der Waals surface area (Å²) >= 11 is 14.0. The highest BCUT2D eigenvalue weighted by Crippen LogP contribution is 2.29. The standard InChI is InChI=1S/C12H15Cl2NS/c1-8-4-5-16-7-12(15-8)9-2-3-10(13)11(14)6-9/h2-3,6,8,12,15H,4-5,7H2,1H3. The van der Waals surface area contributed by atoms with Crippen molar-refractivity contribution in [2.45, 2.75) is 25.4 Å². The van der Waals surface area contributed by atoms with Gasteiger partial charge < -0.3 is 5.32 Å². The van der Waals surface area contributed by atoms with Gasteiger partial charge in [0.05, 0.1) is 10.0 Å². The molecule has 1 aliphatic heterocycles. The van der Waals surface area contributed by atoms with E-state index in [4.69, 9.17) is 23.2 Å². The zero-order valence-corrected chi connectivity index (χ0v) is 11.5. The van der Waals surface area contributed by atoms with Gasteiger partial charge in [-0.05, 0) is 36.8 Å². The molecule has 2 atom stereocenters. The summed E-state index contributed by atoms with van der Waals surface area (Å²) in [5.74, 6) is 2.33. The Kier molecular flexibility index (Phi) is 4.42. The summed E-state index contributed by atoms with van der Waals surface area (Å²) in [7, 11) is 0. The molecule has 1 aliphatic rings. The lowest BCUT2D eigenvalue weighted by Gasteiger charge is -2.20. The van der Waals surface area contributed by atoms with Crippen molar-refractivity contribution in [2.24, 2.45) is 0 Å². The molecule has 0 spiro atoms. The smallest absolute Gasteiger partial charge is 0.0595 e. The van der Waals surface area contributed by atoms with Crippen LogP contribution in [0, 0.1) is 0 Å². The predicted octanol–water partition coefficient (Wildman–Crippen LogP) is 4.15. The lowest BCUT2D eigenvalue weighted by Crippen LogP contribution is -2.30. The van der Waals surface area contributed by atoms with Gasteiger partial charge in [0.25, 0.3) is 0 Å². The second-order valence-corrected chi connectivity index (χ2v) is 6.12. The maximum Gasteiger partial charge on any atom is 0.0595 e. The largest absolute Gasteiger partial charge is 0.307 e. The normalized spacial score (nSPS) is 26.4. The third kappa shape index (κ3) is 3.07. The van der Waals surface area contributed by atoms with Crippen LogP contribution in [-0.4, -0.2) is 17.5 Å². The van der Waals surface area contributed by atoms with E-state index in [1.807, 2.05) is 23.9 Å². The highest BCUT2D eigenvalue weighted by atomic mass is 35.5. The first-order chi connectivity index (χ1) is 7.66. The van der Waals surface area contributed by atoms with Gasteiger partial charge >= 0.3 is 0 Å². The fraction of sp³-hybridized carbons (Fsp3) is 0.500. The van der Waals surface area contributed by atoms with Gasteiger partial charge in [0.15, 0.2) is 0 Å². The Morgan fingerprint density at radius 3 is 2.88 bits per heavy atom. The second kappa shape index (κ2) is 5.63. The SMILES string of the molecule is CC1CCSCC(c2ccc(Cl)c(Cl)c2)N1. The highest BCUT2D eigenvalue weighted by Gasteiger charge is 2.18. The Morgan fingerprint density at radius 2 is 2.12 bits per heavy atom. The summed E-state index contributed by atoms with van der Waals surface area (Å²) < 4.78 is 0. The van der Waals surface area contributed by atoms with Crippen LogP contribution in [-0.2, 0) is 0 Å². The van der Waals surface area contributed by atoms with Gasteiger partial charge in [-0.3, -0.25) is 0 Å². The van der Waals surface area contributed by atoms with Crippen LogP contribution in [0.15, 0.2) is 18.2 Å². The van der Waals surface area contributed by atoms with Crippen molar-refractivity contribution in [1.82, 2.24) is 5.32 Å². The molecule has 0 bridgehead atoms. The average Bonchev–Trinajstić information content (AvgIpc) is 2.47. The Bertz CT molecular complexity index is 370. The van der Waals surface area contributed by atoms with Crippen molar-refractivity contribution >= 4 is 35.0 Å². The first-order valence-electron chi connectivity index (χ1n) is 5.45. The van der Waals surface area contributed by atoms with Gasteiger partial charge in [-0.15, -0.1) is 0 Å². The van der Waals surface area contributed by atoms with Crippen molar-refractivity contribution < 1.29 is 0 Å². The van der Waals surface area contributed by atoms with Gasteiger partial charge in [0.2, 0.25) is 0 Å². The number of benzene rings is 1. The zero-order chi connectivity index (χ0) is 11.5. The molecule has 0 radical (unpaired) electrons. The minimum Gasteiger partial charge on any atom is -0.307 e. The summed E-state index contributed by atoms with van der Waals surface area (Å²) in [6, 6.07) is 6.86. The first kappa shape index (κ1) is 12.6. The number of nitrogens with one attached hydrogen (secondary N) is 1. The van der Waals surface area contributed by atoms with E-state index in [2.05, 4.69) is 18.3 Å². The van der Waals surface area contributed by atoms with Crippen LogP contribution in [0.5, 0.6) is 0 Å². The van der Waals surface area contributed by atoms with E-state index in [0.717, 1.165) is 5.75 Å². The van der Waals surface area contributed by atoms with Gasteiger partial charge in [0.1, 0.15) is 0 Å². The molecule has 1 fully saturated rings. The molecule has 1 nitrogen and oxygen atoms in total. The Hall–Kier alpha value is 0.110. The van der Waals surface area contributed by atoms with Gasteiger partial charge in [0, 0.05) is 17.8 Å². The van der Waals surface area contributed by atoms with E-state index in [0.29, 0.717) is 22.1 Å². The van der Waals surface area contributed by atoms with Crippen LogP contribution in [0.25, 0.3) is 0 Å². The van der Waals surface area contributed by atoms with Crippen molar-refractivity contribution in [3.05, 3.63) is 33.8 Å². The Labute approximate surface area is 111 Å². The Balaban J connectivity index is 2.18. The molecule has 2 unspecified atom stereocenters. The van der Waals surface area contributed by atoms with E-state index >= 15 is 0 Å². The Morgan fingerprint density at radius 1 is 1.31 bits per heavy atom. The molecule has 0 amide bonds. The number of hydrogen-bond donors (Lipinski definition) is 1. The predicted molar refractivity (Wildman–Crippen MR) is 73.7 cm³/mol. The van der Waals surface area contributed by atoms with Gasteiger partial charge in [-0.1, -0.05) is 29.3 Å². The number of hydrogen-bond acceptors (Lipinski definition) is 2. The quantitative estimate of drug-likeness (QED) is 0.827. The van der Waals surface area contributed by atoms with Gasteiger partial charge in [-0.2, -0.15) is 11.8 Å². The van der Waals surface area contributed by atoms with Crippen molar-refractivity contribution in [3.8, 4) is 0 Å². The minimum atomic E-state index is 0.386. The molecule has 88 valence electrons. The number of thioether (sulfide) groups is 1. The summed E-state index contributed by atoms with van der Waals surface area (Å²) in [5, 5.41) is 4.89. The van der Waals surface area contributed by atoms with E-state index in [1.54, 1.807) is 0 Å². The third-order valence-electron chi connectivity index (χ3n) is 2.81. The highest BCUT2D eigenvalue weighted by molar-refractivity contribution is 7.99. The maximum atomic E-state index is 6.04. The maximum absolute atomic E-state index is 6.04. The monoisotopic (exact) mass is 275 g/mol. The van der Waals surface area contributed by atoms with Crippen LogP contribution in [0.4, 0.5) is 0 Å². The summed E-state index contributed by atoms with van der Waals surface area (Å²) in [6.07, 6.45) is 1.22. The zero-order valence-electron chi connectivity index (χ0n) is 9.17. The molecule has 4 heteroatoms. The number of halogens is 2. The average molecular weight is 276 g/mol. The molecule has 16 heavy (non-hydrogen) atoms. The lowest BCUT2D eigenvalue weighted by atomic mass is 10.1. The van der Waals surface area contributed by atoms with E-state index in [9.17, 15) is 0 Å². The van der Waals surface area contributed by atoms with Crippen LogP contribution in [0.2, 0.25) is 10.0 Å². The van der Waals surface area contributed by atoms with E-state index in [-0.39, 0.29) is 0 Å². The third-order valence-corrected chi connectivity index (χ3v) is 4.64. The molecule has 0 aromatic heterocycles. The van der Waals surface area contributed by atoms with Crippen LogP contribution >= 0.6 is 35.0 Å². The van der Waals surface area contributed by atoms with Crippen molar-refractivity contribution in [2.75, 3.05) is 11.5 Å². The van der Waals surface area contributed by atoms with E-state index < -0.39 is 0 Å². The van der Waals surface area contributed by atoms with Crippen LogP contribution < -0.4 is 5.32 Å². The number of rotatable bonds is 1. The summed E-state index contributed by atoms with van der Waals surface area (Å²) in [4.78, 5) is 0. The topological polar surface area (TPSA) is 12.0 Å².